The number of nitrogens with zero attached hydrogens (tertiary/aromatic N) is 1. The van der Waals surface area contributed by atoms with Crippen LogP contribution in [0, 0.1) is 0 Å². The Morgan fingerprint density at radius 2 is 1.71 bits per heavy atom. The van der Waals surface area contributed by atoms with Crippen molar-refractivity contribution in [1.82, 2.24) is 10.2 Å². The molecule has 0 saturated carbocycles. The molecule has 0 aromatic heterocycles. The minimum atomic E-state index is -0.176. The van der Waals surface area contributed by atoms with Gasteiger partial charge in [0.05, 0.1) is 0 Å². The topological polar surface area (TPSA) is 49.4 Å². The lowest BCUT2D eigenvalue weighted by molar-refractivity contribution is 0.0793. The Morgan fingerprint density at radius 3 is 2.42 bits per heavy atom. The van der Waals surface area contributed by atoms with Gasteiger partial charge >= 0.3 is 0 Å². The SMILES string of the molecule is CCCCN(C)C(=O)c1cccc(C(=O)NCc2ccccc2)c1. The van der Waals surface area contributed by atoms with E-state index in [0.717, 1.165) is 24.9 Å². The lowest BCUT2D eigenvalue weighted by atomic mass is 10.1. The zero-order chi connectivity index (χ0) is 17.4. The second-order valence-electron chi connectivity index (χ2n) is 5.83. The van der Waals surface area contributed by atoms with Gasteiger partial charge in [0, 0.05) is 31.3 Å². The average molecular weight is 324 g/mol. The molecule has 2 rings (SSSR count). The van der Waals surface area contributed by atoms with E-state index in [9.17, 15) is 9.59 Å². The highest BCUT2D eigenvalue weighted by molar-refractivity contribution is 5.99. The van der Waals surface area contributed by atoms with Crippen LogP contribution in [0.4, 0.5) is 0 Å². The van der Waals surface area contributed by atoms with E-state index in [2.05, 4.69) is 12.2 Å². The van der Waals surface area contributed by atoms with E-state index in [1.807, 2.05) is 30.3 Å². The molecule has 0 atom stereocenters. The Bertz CT molecular complexity index is 683. The van der Waals surface area contributed by atoms with Crippen LogP contribution in [0.5, 0.6) is 0 Å². The first kappa shape index (κ1) is 17.7. The summed E-state index contributed by atoms with van der Waals surface area (Å²) in [6.45, 7) is 3.28. The third-order valence-electron chi connectivity index (χ3n) is 3.86. The van der Waals surface area contributed by atoms with Crippen molar-refractivity contribution in [1.29, 1.82) is 0 Å². The fourth-order valence-corrected chi connectivity index (χ4v) is 2.39. The number of unbranched alkanes of at least 4 members (excludes halogenated alkanes) is 1. The smallest absolute Gasteiger partial charge is 0.253 e. The normalized spacial score (nSPS) is 10.2. The molecule has 0 aliphatic rings. The number of hydrogen-bond acceptors (Lipinski definition) is 2. The first-order chi connectivity index (χ1) is 11.6. The Labute approximate surface area is 143 Å². The third kappa shape index (κ3) is 4.95. The molecule has 0 fully saturated rings. The molecule has 1 N–H and O–H groups in total. The first-order valence-electron chi connectivity index (χ1n) is 8.29. The number of rotatable bonds is 7. The molecule has 2 amide bonds. The second-order valence-corrected chi connectivity index (χ2v) is 5.83. The van der Waals surface area contributed by atoms with E-state index >= 15 is 0 Å². The fraction of sp³-hybridized carbons (Fsp3) is 0.300. The van der Waals surface area contributed by atoms with Crippen LogP contribution < -0.4 is 5.32 Å². The summed E-state index contributed by atoms with van der Waals surface area (Å²) in [5.74, 6) is -0.231. The molecule has 2 aromatic carbocycles. The zero-order valence-electron chi connectivity index (χ0n) is 14.3. The highest BCUT2D eigenvalue weighted by Gasteiger charge is 2.13. The third-order valence-corrected chi connectivity index (χ3v) is 3.86. The number of carbonyl (C=O) groups is 2. The molecule has 0 aliphatic carbocycles. The van der Waals surface area contributed by atoms with E-state index in [0.29, 0.717) is 17.7 Å². The lowest BCUT2D eigenvalue weighted by Crippen LogP contribution is -2.28. The van der Waals surface area contributed by atoms with Crippen molar-refractivity contribution in [2.75, 3.05) is 13.6 Å². The first-order valence-corrected chi connectivity index (χ1v) is 8.29. The van der Waals surface area contributed by atoms with Gasteiger partial charge < -0.3 is 10.2 Å². The van der Waals surface area contributed by atoms with Crippen molar-refractivity contribution in [3.05, 3.63) is 71.3 Å². The molecular formula is C20H24N2O2. The number of benzene rings is 2. The molecule has 0 aliphatic heterocycles. The van der Waals surface area contributed by atoms with E-state index < -0.39 is 0 Å². The summed E-state index contributed by atoms with van der Waals surface area (Å²) < 4.78 is 0. The molecule has 0 heterocycles. The minimum absolute atomic E-state index is 0.0545. The predicted octanol–water partition coefficient (Wildman–Crippen LogP) is 3.49. The maximum Gasteiger partial charge on any atom is 0.253 e. The maximum atomic E-state index is 12.4. The van der Waals surface area contributed by atoms with Crippen LogP contribution in [0.1, 0.15) is 46.0 Å². The summed E-state index contributed by atoms with van der Waals surface area (Å²) in [5, 5.41) is 2.88. The fourth-order valence-electron chi connectivity index (χ4n) is 2.39. The number of amides is 2. The monoisotopic (exact) mass is 324 g/mol. The van der Waals surface area contributed by atoms with Gasteiger partial charge in [0.1, 0.15) is 0 Å². The van der Waals surface area contributed by atoms with Crippen LogP contribution in [0.25, 0.3) is 0 Å². The Hall–Kier alpha value is -2.62. The zero-order valence-corrected chi connectivity index (χ0v) is 14.3. The highest BCUT2D eigenvalue weighted by atomic mass is 16.2. The van der Waals surface area contributed by atoms with Gasteiger partial charge in [-0.2, -0.15) is 0 Å². The van der Waals surface area contributed by atoms with Gasteiger partial charge in [0.2, 0.25) is 0 Å². The molecule has 0 saturated heterocycles. The summed E-state index contributed by atoms with van der Waals surface area (Å²) in [6, 6.07) is 16.6. The largest absolute Gasteiger partial charge is 0.348 e. The number of carbonyl (C=O) groups excluding carboxylic acids is 2. The predicted molar refractivity (Wildman–Crippen MR) is 95.9 cm³/mol. The molecule has 4 nitrogen and oxygen atoms in total. The lowest BCUT2D eigenvalue weighted by Gasteiger charge is -2.17. The van der Waals surface area contributed by atoms with Crippen molar-refractivity contribution in [3.8, 4) is 0 Å². The maximum absolute atomic E-state index is 12.4. The highest BCUT2D eigenvalue weighted by Crippen LogP contribution is 2.09. The van der Waals surface area contributed by atoms with Crippen molar-refractivity contribution in [3.63, 3.8) is 0 Å². The second kappa shape index (κ2) is 8.87. The van der Waals surface area contributed by atoms with Crippen LogP contribution in [-0.2, 0) is 6.54 Å². The van der Waals surface area contributed by atoms with Crippen molar-refractivity contribution in [2.45, 2.75) is 26.3 Å². The van der Waals surface area contributed by atoms with Crippen LogP contribution >= 0.6 is 0 Å². The van der Waals surface area contributed by atoms with Crippen LogP contribution in [0.2, 0.25) is 0 Å². The van der Waals surface area contributed by atoms with E-state index in [1.165, 1.54) is 0 Å². The number of hydrogen-bond donors (Lipinski definition) is 1. The minimum Gasteiger partial charge on any atom is -0.348 e. The Balaban J connectivity index is 2.01. The van der Waals surface area contributed by atoms with Crippen LogP contribution in [0.3, 0.4) is 0 Å². The van der Waals surface area contributed by atoms with Gasteiger partial charge in [0.15, 0.2) is 0 Å². The molecule has 0 bridgehead atoms. The Morgan fingerprint density at radius 1 is 1.00 bits per heavy atom. The summed E-state index contributed by atoms with van der Waals surface area (Å²) in [7, 11) is 1.79. The van der Waals surface area contributed by atoms with Crippen LogP contribution in [0.15, 0.2) is 54.6 Å². The molecule has 126 valence electrons. The molecular weight excluding hydrogens is 300 g/mol. The summed E-state index contributed by atoms with van der Waals surface area (Å²) in [5.41, 5.74) is 2.08. The van der Waals surface area contributed by atoms with Crippen LogP contribution in [-0.4, -0.2) is 30.3 Å². The van der Waals surface area contributed by atoms with Gasteiger partial charge in [-0.1, -0.05) is 49.7 Å². The van der Waals surface area contributed by atoms with E-state index in [-0.39, 0.29) is 11.8 Å². The standard InChI is InChI=1S/C20H24N2O2/c1-3-4-13-22(2)20(24)18-12-8-11-17(14-18)19(23)21-15-16-9-6-5-7-10-16/h5-12,14H,3-4,13,15H2,1-2H3,(H,21,23). The molecule has 2 aromatic rings. The molecule has 0 spiro atoms. The molecule has 24 heavy (non-hydrogen) atoms. The van der Waals surface area contributed by atoms with Gasteiger partial charge in [-0.15, -0.1) is 0 Å². The van der Waals surface area contributed by atoms with Crippen molar-refractivity contribution >= 4 is 11.8 Å². The van der Waals surface area contributed by atoms with Gasteiger partial charge in [-0.05, 0) is 30.2 Å². The van der Waals surface area contributed by atoms with Crippen molar-refractivity contribution < 1.29 is 9.59 Å². The van der Waals surface area contributed by atoms with E-state index in [1.54, 1.807) is 36.2 Å². The molecule has 0 unspecified atom stereocenters. The van der Waals surface area contributed by atoms with Gasteiger partial charge in [0.25, 0.3) is 11.8 Å². The molecule has 0 radical (unpaired) electrons. The average Bonchev–Trinajstić information content (AvgIpc) is 2.64. The summed E-state index contributed by atoms with van der Waals surface area (Å²) in [6.07, 6.45) is 2.01. The van der Waals surface area contributed by atoms with E-state index in [4.69, 9.17) is 0 Å². The summed E-state index contributed by atoms with van der Waals surface area (Å²) in [4.78, 5) is 26.4. The Kier molecular flexibility index (Phi) is 6.55. The summed E-state index contributed by atoms with van der Waals surface area (Å²) >= 11 is 0. The van der Waals surface area contributed by atoms with Gasteiger partial charge in [-0.25, -0.2) is 0 Å². The molecule has 4 heteroatoms. The number of nitrogens with one attached hydrogen (secondary N) is 1. The quantitative estimate of drug-likeness (QED) is 0.847. The van der Waals surface area contributed by atoms with Gasteiger partial charge in [-0.3, -0.25) is 9.59 Å². The van der Waals surface area contributed by atoms with Crippen molar-refractivity contribution in [2.24, 2.45) is 0 Å².